The standard InChI is InChI=1S/C15H15F2NO2/c16-13-7-11(5-6-18)8-14(17)15(13)20-9-10-1-3-12(19)4-2-10/h1-4,7-8,19H,5-6,9,18H2. The third-order valence-electron chi connectivity index (χ3n) is 2.81. The first-order valence-electron chi connectivity index (χ1n) is 6.19. The van der Waals surface area contributed by atoms with Crippen LogP contribution in [0.15, 0.2) is 36.4 Å². The summed E-state index contributed by atoms with van der Waals surface area (Å²) in [7, 11) is 0. The van der Waals surface area contributed by atoms with Crippen LogP contribution in [-0.4, -0.2) is 11.7 Å². The largest absolute Gasteiger partial charge is 0.508 e. The number of rotatable bonds is 5. The van der Waals surface area contributed by atoms with Crippen LogP contribution in [0.25, 0.3) is 0 Å². The summed E-state index contributed by atoms with van der Waals surface area (Å²) in [5.41, 5.74) is 6.55. The van der Waals surface area contributed by atoms with E-state index in [0.717, 1.165) is 0 Å². The van der Waals surface area contributed by atoms with E-state index in [4.69, 9.17) is 15.6 Å². The average molecular weight is 279 g/mol. The van der Waals surface area contributed by atoms with Gasteiger partial charge in [-0.1, -0.05) is 12.1 Å². The van der Waals surface area contributed by atoms with E-state index in [0.29, 0.717) is 24.1 Å². The summed E-state index contributed by atoms with van der Waals surface area (Å²) >= 11 is 0. The topological polar surface area (TPSA) is 55.5 Å². The van der Waals surface area contributed by atoms with Gasteiger partial charge in [0.05, 0.1) is 0 Å². The second-order valence-corrected chi connectivity index (χ2v) is 4.38. The number of halogens is 2. The lowest BCUT2D eigenvalue weighted by molar-refractivity contribution is 0.273. The summed E-state index contributed by atoms with van der Waals surface area (Å²) in [5.74, 6) is -1.77. The molecular formula is C15H15F2NO2. The van der Waals surface area contributed by atoms with Gasteiger partial charge in [0.15, 0.2) is 17.4 Å². The van der Waals surface area contributed by atoms with Gasteiger partial charge in [-0.15, -0.1) is 0 Å². The zero-order chi connectivity index (χ0) is 14.5. The Kier molecular flexibility index (Phi) is 4.53. The van der Waals surface area contributed by atoms with E-state index in [1.54, 1.807) is 12.1 Å². The number of ether oxygens (including phenoxy) is 1. The Morgan fingerprint density at radius 2 is 1.60 bits per heavy atom. The number of benzene rings is 2. The van der Waals surface area contributed by atoms with Gasteiger partial charge in [0, 0.05) is 0 Å². The van der Waals surface area contributed by atoms with Crippen molar-refractivity contribution < 1.29 is 18.6 Å². The van der Waals surface area contributed by atoms with E-state index in [1.807, 2.05) is 0 Å². The van der Waals surface area contributed by atoms with Crippen molar-refractivity contribution in [3.05, 3.63) is 59.2 Å². The molecule has 0 amide bonds. The maximum atomic E-state index is 13.8. The number of nitrogens with two attached hydrogens (primary N) is 1. The Balaban J connectivity index is 2.11. The lowest BCUT2D eigenvalue weighted by Gasteiger charge is -2.10. The molecule has 0 saturated heterocycles. The molecule has 2 aromatic carbocycles. The van der Waals surface area contributed by atoms with Crippen molar-refractivity contribution >= 4 is 0 Å². The molecule has 0 saturated carbocycles. The van der Waals surface area contributed by atoms with Gasteiger partial charge in [0.25, 0.3) is 0 Å². The lowest BCUT2D eigenvalue weighted by atomic mass is 10.1. The molecule has 5 heteroatoms. The van der Waals surface area contributed by atoms with E-state index < -0.39 is 17.4 Å². The summed E-state index contributed by atoms with van der Waals surface area (Å²) in [6, 6.07) is 8.65. The van der Waals surface area contributed by atoms with E-state index in [1.165, 1.54) is 24.3 Å². The van der Waals surface area contributed by atoms with Crippen molar-refractivity contribution in [2.45, 2.75) is 13.0 Å². The Labute approximate surface area is 115 Å². The van der Waals surface area contributed by atoms with Gasteiger partial charge in [0.2, 0.25) is 0 Å². The molecule has 0 aromatic heterocycles. The summed E-state index contributed by atoms with van der Waals surface area (Å²) in [6.07, 6.45) is 0.409. The Bertz CT molecular complexity index is 562. The van der Waals surface area contributed by atoms with E-state index in [2.05, 4.69) is 0 Å². The fourth-order valence-electron chi connectivity index (χ4n) is 1.81. The quantitative estimate of drug-likeness (QED) is 0.884. The van der Waals surface area contributed by atoms with E-state index >= 15 is 0 Å². The zero-order valence-electron chi connectivity index (χ0n) is 10.8. The fraction of sp³-hybridized carbons (Fsp3) is 0.200. The summed E-state index contributed by atoms with van der Waals surface area (Å²) in [5, 5.41) is 9.14. The first-order chi connectivity index (χ1) is 9.60. The van der Waals surface area contributed by atoms with Crippen LogP contribution in [0.1, 0.15) is 11.1 Å². The van der Waals surface area contributed by atoms with Gasteiger partial charge < -0.3 is 15.6 Å². The highest BCUT2D eigenvalue weighted by atomic mass is 19.1. The Morgan fingerprint density at radius 1 is 1.00 bits per heavy atom. The molecule has 0 fully saturated rings. The van der Waals surface area contributed by atoms with Gasteiger partial charge >= 0.3 is 0 Å². The molecule has 0 radical (unpaired) electrons. The predicted octanol–water partition coefficient (Wildman–Crippen LogP) is 2.75. The highest BCUT2D eigenvalue weighted by Gasteiger charge is 2.12. The Hall–Kier alpha value is -2.14. The zero-order valence-corrected chi connectivity index (χ0v) is 10.8. The van der Waals surface area contributed by atoms with Crippen LogP contribution in [0.3, 0.4) is 0 Å². The molecule has 0 spiro atoms. The van der Waals surface area contributed by atoms with Crippen molar-refractivity contribution in [1.82, 2.24) is 0 Å². The number of hydrogen-bond donors (Lipinski definition) is 2. The molecule has 3 N–H and O–H groups in total. The van der Waals surface area contributed by atoms with Gasteiger partial charge in [-0.05, 0) is 48.4 Å². The van der Waals surface area contributed by atoms with Gasteiger partial charge in [0.1, 0.15) is 12.4 Å². The molecule has 0 atom stereocenters. The van der Waals surface area contributed by atoms with Gasteiger partial charge in [-0.2, -0.15) is 0 Å². The molecule has 0 unspecified atom stereocenters. The summed E-state index contributed by atoms with van der Waals surface area (Å²) in [6.45, 7) is 0.344. The highest BCUT2D eigenvalue weighted by Crippen LogP contribution is 2.24. The maximum absolute atomic E-state index is 13.8. The number of hydrogen-bond acceptors (Lipinski definition) is 3. The molecule has 0 heterocycles. The fourth-order valence-corrected chi connectivity index (χ4v) is 1.81. The molecule has 3 nitrogen and oxygen atoms in total. The van der Waals surface area contributed by atoms with Crippen LogP contribution in [0.5, 0.6) is 11.5 Å². The monoisotopic (exact) mass is 279 g/mol. The molecular weight excluding hydrogens is 264 g/mol. The molecule has 0 aliphatic rings. The minimum atomic E-state index is -0.743. The Morgan fingerprint density at radius 3 is 2.15 bits per heavy atom. The first-order valence-corrected chi connectivity index (χ1v) is 6.19. The van der Waals surface area contributed by atoms with Crippen LogP contribution < -0.4 is 10.5 Å². The van der Waals surface area contributed by atoms with Crippen LogP contribution >= 0.6 is 0 Å². The number of phenolic OH excluding ortho intramolecular Hbond substituents is 1. The third-order valence-corrected chi connectivity index (χ3v) is 2.81. The minimum Gasteiger partial charge on any atom is -0.508 e. The number of phenols is 1. The van der Waals surface area contributed by atoms with Crippen LogP contribution in [0.2, 0.25) is 0 Å². The lowest BCUT2D eigenvalue weighted by Crippen LogP contribution is -2.05. The van der Waals surface area contributed by atoms with Crippen LogP contribution in [0, 0.1) is 11.6 Å². The minimum absolute atomic E-state index is 0.0182. The average Bonchev–Trinajstić information content (AvgIpc) is 2.40. The van der Waals surface area contributed by atoms with Crippen molar-refractivity contribution in [2.24, 2.45) is 5.73 Å². The summed E-state index contributed by atoms with van der Waals surface area (Å²) < 4.78 is 32.7. The predicted molar refractivity (Wildman–Crippen MR) is 71.6 cm³/mol. The van der Waals surface area contributed by atoms with Crippen molar-refractivity contribution in [1.29, 1.82) is 0 Å². The summed E-state index contributed by atoms with van der Waals surface area (Å²) in [4.78, 5) is 0. The van der Waals surface area contributed by atoms with Crippen LogP contribution in [-0.2, 0) is 13.0 Å². The highest BCUT2D eigenvalue weighted by molar-refractivity contribution is 5.32. The number of aromatic hydroxyl groups is 1. The smallest absolute Gasteiger partial charge is 0.191 e. The van der Waals surface area contributed by atoms with E-state index in [9.17, 15) is 8.78 Å². The SMILES string of the molecule is NCCc1cc(F)c(OCc2ccc(O)cc2)c(F)c1. The van der Waals surface area contributed by atoms with E-state index in [-0.39, 0.29) is 12.4 Å². The van der Waals surface area contributed by atoms with Gasteiger partial charge in [-0.3, -0.25) is 0 Å². The first kappa shape index (κ1) is 14.3. The molecule has 0 aliphatic heterocycles. The molecule has 0 aliphatic carbocycles. The molecule has 0 bridgehead atoms. The maximum Gasteiger partial charge on any atom is 0.191 e. The van der Waals surface area contributed by atoms with Crippen LogP contribution in [0.4, 0.5) is 8.78 Å². The second kappa shape index (κ2) is 6.34. The second-order valence-electron chi connectivity index (χ2n) is 4.38. The van der Waals surface area contributed by atoms with Crippen molar-refractivity contribution in [2.75, 3.05) is 6.54 Å². The molecule has 2 aromatic rings. The normalized spacial score (nSPS) is 10.6. The molecule has 2 rings (SSSR count). The van der Waals surface area contributed by atoms with Crippen molar-refractivity contribution in [3.63, 3.8) is 0 Å². The molecule has 20 heavy (non-hydrogen) atoms. The van der Waals surface area contributed by atoms with Gasteiger partial charge in [-0.25, -0.2) is 8.78 Å². The third kappa shape index (κ3) is 3.45. The molecule has 106 valence electrons. The van der Waals surface area contributed by atoms with Crippen molar-refractivity contribution in [3.8, 4) is 11.5 Å².